The van der Waals surface area contributed by atoms with Gasteiger partial charge in [0, 0.05) is 5.56 Å². The average molecular weight is 190 g/mol. The Labute approximate surface area is 81.3 Å². The zero-order chi connectivity index (χ0) is 9.97. The molecule has 0 aliphatic carbocycles. The number of nitrogens with one attached hydrogen (secondary N) is 2. The monoisotopic (exact) mass is 190 g/mol. The third kappa shape index (κ3) is 1.54. The fourth-order valence-electron chi connectivity index (χ4n) is 1.31. The molecular weight excluding hydrogens is 180 g/mol. The van der Waals surface area contributed by atoms with Gasteiger partial charge in [0.25, 0.3) is 0 Å². The van der Waals surface area contributed by atoms with Crippen molar-refractivity contribution in [2.24, 2.45) is 0 Å². The van der Waals surface area contributed by atoms with E-state index in [1.54, 1.807) is 12.1 Å². The summed E-state index contributed by atoms with van der Waals surface area (Å²) in [5.74, 6) is 0.115. The van der Waals surface area contributed by atoms with Gasteiger partial charge in [-0.3, -0.25) is 0 Å². The number of benzene rings is 1. The van der Waals surface area contributed by atoms with E-state index in [1.165, 1.54) is 0 Å². The lowest BCUT2D eigenvalue weighted by molar-refractivity contribution is 0.249. The van der Waals surface area contributed by atoms with Crippen molar-refractivity contribution in [3.8, 4) is 0 Å². The van der Waals surface area contributed by atoms with Crippen molar-refractivity contribution in [3.63, 3.8) is 0 Å². The summed E-state index contributed by atoms with van der Waals surface area (Å²) in [7, 11) is 0. The van der Waals surface area contributed by atoms with Crippen LogP contribution in [0.25, 0.3) is 5.76 Å². The molecule has 14 heavy (non-hydrogen) atoms. The summed E-state index contributed by atoms with van der Waals surface area (Å²) >= 11 is 0. The highest BCUT2D eigenvalue weighted by Gasteiger charge is 2.17. The lowest BCUT2D eigenvalue weighted by atomic mass is 10.1. The number of rotatable bonds is 1. The summed E-state index contributed by atoms with van der Waals surface area (Å²) in [6, 6.07) is 8.82. The number of hydrogen-bond donors (Lipinski definition) is 3. The maximum atomic E-state index is 10.8. The van der Waals surface area contributed by atoms with E-state index in [-0.39, 0.29) is 11.8 Å². The first-order valence-corrected chi connectivity index (χ1v) is 4.30. The van der Waals surface area contributed by atoms with Gasteiger partial charge in [-0.2, -0.15) is 0 Å². The molecule has 1 aromatic rings. The molecular formula is C10H10N2O2. The van der Waals surface area contributed by atoms with Gasteiger partial charge in [0.05, 0.1) is 12.2 Å². The van der Waals surface area contributed by atoms with Crippen molar-refractivity contribution in [1.29, 1.82) is 0 Å². The molecule has 2 amide bonds. The van der Waals surface area contributed by atoms with Gasteiger partial charge in [0.1, 0.15) is 5.76 Å². The van der Waals surface area contributed by atoms with Crippen LogP contribution in [0.1, 0.15) is 5.56 Å². The third-order valence-electron chi connectivity index (χ3n) is 2.02. The molecule has 1 aliphatic rings. The van der Waals surface area contributed by atoms with E-state index in [2.05, 4.69) is 10.6 Å². The Morgan fingerprint density at radius 3 is 2.57 bits per heavy atom. The largest absolute Gasteiger partial charge is 0.505 e. The second-order valence-electron chi connectivity index (χ2n) is 3.00. The zero-order valence-corrected chi connectivity index (χ0v) is 7.45. The minimum absolute atomic E-state index is 0.115. The van der Waals surface area contributed by atoms with Crippen molar-refractivity contribution in [2.45, 2.75) is 0 Å². The summed E-state index contributed by atoms with van der Waals surface area (Å²) in [5, 5.41) is 14.8. The topological polar surface area (TPSA) is 61.4 Å². The predicted octanol–water partition coefficient (Wildman–Crippen LogP) is 1.23. The van der Waals surface area contributed by atoms with Crippen molar-refractivity contribution in [2.75, 3.05) is 6.54 Å². The van der Waals surface area contributed by atoms with Gasteiger partial charge in [-0.25, -0.2) is 4.79 Å². The molecule has 2 rings (SSSR count). The van der Waals surface area contributed by atoms with Gasteiger partial charge in [-0.05, 0) is 0 Å². The molecule has 4 heteroatoms. The van der Waals surface area contributed by atoms with Gasteiger partial charge < -0.3 is 15.7 Å². The highest BCUT2D eigenvalue weighted by atomic mass is 16.3. The summed E-state index contributed by atoms with van der Waals surface area (Å²) in [5.41, 5.74) is 1.22. The molecule has 3 N–H and O–H groups in total. The number of carbonyl (C=O) groups excluding carboxylic acids is 1. The Balaban J connectivity index is 2.31. The highest BCUT2D eigenvalue weighted by molar-refractivity contribution is 5.82. The van der Waals surface area contributed by atoms with Crippen LogP contribution in [0.2, 0.25) is 0 Å². The molecule has 0 bridgehead atoms. The molecule has 0 spiro atoms. The molecule has 0 unspecified atom stereocenters. The van der Waals surface area contributed by atoms with Crippen LogP contribution in [0.15, 0.2) is 36.0 Å². The molecule has 72 valence electrons. The maximum absolute atomic E-state index is 10.8. The normalized spacial score (nSPS) is 18.7. The number of carbonyl (C=O) groups is 1. The van der Waals surface area contributed by atoms with Gasteiger partial charge in [0.2, 0.25) is 0 Å². The van der Waals surface area contributed by atoms with Crippen molar-refractivity contribution < 1.29 is 9.90 Å². The fourth-order valence-corrected chi connectivity index (χ4v) is 1.31. The van der Waals surface area contributed by atoms with Crippen LogP contribution in [0.5, 0.6) is 0 Å². The number of aliphatic hydroxyl groups is 1. The Hall–Kier alpha value is -1.97. The Kier molecular flexibility index (Phi) is 2.10. The van der Waals surface area contributed by atoms with E-state index in [0.717, 1.165) is 0 Å². The molecule has 0 saturated carbocycles. The number of aliphatic hydroxyl groups excluding tert-OH is 1. The second-order valence-corrected chi connectivity index (χ2v) is 3.00. The van der Waals surface area contributed by atoms with Crippen LogP contribution in [0.4, 0.5) is 4.79 Å². The Morgan fingerprint density at radius 1 is 1.29 bits per heavy atom. The van der Waals surface area contributed by atoms with Crippen molar-refractivity contribution in [1.82, 2.24) is 10.6 Å². The Morgan fingerprint density at radius 2 is 2.00 bits per heavy atom. The average Bonchev–Trinajstić information content (AvgIpc) is 2.65. The molecule has 1 aromatic carbocycles. The lowest BCUT2D eigenvalue weighted by Crippen LogP contribution is -2.20. The van der Waals surface area contributed by atoms with E-state index >= 15 is 0 Å². The SMILES string of the molecule is O=C1NC/C(=C(\O)c2ccccc2)N1. The van der Waals surface area contributed by atoms with Gasteiger partial charge in [-0.1, -0.05) is 30.3 Å². The molecule has 0 radical (unpaired) electrons. The summed E-state index contributed by atoms with van der Waals surface area (Å²) in [6.07, 6.45) is 0. The second kappa shape index (κ2) is 3.41. The highest BCUT2D eigenvalue weighted by Crippen LogP contribution is 2.14. The first-order chi connectivity index (χ1) is 6.77. The molecule has 1 aliphatic heterocycles. The van der Waals surface area contributed by atoms with E-state index in [1.807, 2.05) is 18.2 Å². The van der Waals surface area contributed by atoms with Crippen LogP contribution in [-0.2, 0) is 0 Å². The molecule has 1 heterocycles. The molecule has 4 nitrogen and oxygen atoms in total. The lowest BCUT2D eigenvalue weighted by Gasteiger charge is -2.02. The van der Waals surface area contributed by atoms with Crippen molar-refractivity contribution in [3.05, 3.63) is 41.6 Å². The number of hydrogen-bond acceptors (Lipinski definition) is 2. The minimum atomic E-state index is -0.275. The van der Waals surface area contributed by atoms with Gasteiger partial charge in [0.15, 0.2) is 0 Å². The molecule has 0 aromatic heterocycles. The maximum Gasteiger partial charge on any atom is 0.319 e. The van der Waals surface area contributed by atoms with Gasteiger partial charge in [-0.15, -0.1) is 0 Å². The third-order valence-corrected chi connectivity index (χ3v) is 2.02. The van der Waals surface area contributed by atoms with Crippen LogP contribution in [-0.4, -0.2) is 17.7 Å². The van der Waals surface area contributed by atoms with E-state index in [9.17, 15) is 9.90 Å². The van der Waals surface area contributed by atoms with Crippen LogP contribution < -0.4 is 10.6 Å². The standard InChI is InChI=1S/C10H10N2O2/c13-9(7-4-2-1-3-5-7)8-6-11-10(14)12-8/h1-5,13H,6H2,(H2,11,12,14)/b9-8+. The van der Waals surface area contributed by atoms with E-state index in [0.29, 0.717) is 17.8 Å². The zero-order valence-electron chi connectivity index (χ0n) is 7.45. The van der Waals surface area contributed by atoms with Crippen LogP contribution in [0.3, 0.4) is 0 Å². The first-order valence-electron chi connectivity index (χ1n) is 4.30. The van der Waals surface area contributed by atoms with Crippen LogP contribution in [0, 0.1) is 0 Å². The smallest absolute Gasteiger partial charge is 0.319 e. The van der Waals surface area contributed by atoms with E-state index in [4.69, 9.17) is 0 Å². The molecule has 1 fully saturated rings. The summed E-state index contributed by atoms with van der Waals surface area (Å²) < 4.78 is 0. The summed E-state index contributed by atoms with van der Waals surface area (Å²) in [6.45, 7) is 0.347. The van der Waals surface area contributed by atoms with E-state index < -0.39 is 0 Å². The molecule has 1 saturated heterocycles. The predicted molar refractivity (Wildman–Crippen MR) is 52.5 cm³/mol. The number of amides is 2. The summed E-state index contributed by atoms with van der Waals surface area (Å²) in [4.78, 5) is 10.8. The van der Waals surface area contributed by atoms with Gasteiger partial charge >= 0.3 is 6.03 Å². The van der Waals surface area contributed by atoms with Crippen LogP contribution >= 0.6 is 0 Å². The first kappa shape index (κ1) is 8.62. The Bertz CT molecular complexity index is 384. The quantitative estimate of drug-likeness (QED) is 0.583. The number of urea groups is 1. The molecule has 0 atom stereocenters. The minimum Gasteiger partial charge on any atom is -0.505 e. The van der Waals surface area contributed by atoms with Crippen molar-refractivity contribution >= 4 is 11.8 Å². The fraction of sp³-hybridized carbons (Fsp3) is 0.100.